The van der Waals surface area contributed by atoms with Crippen LogP contribution in [0.4, 0.5) is 5.69 Å². The average molecular weight is 279 g/mol. The minimum Gasteiger partial charge on any atom is -0.397 e. The predicted molar refractivity (Wildman–Crippen MR) is 73.3 cm³/mol. The number of benzene rings is 2. The molecule has 3 aromatic rings. The summed E-state index contributed by atoms with van der Waals surface area (Å²) >= 11 is 11.8. The first-order valence-electron chi connectivity index (χ1n) is 5.21. The Morgan fingerprint density at radius 1 is 0.944 bits per heavy atom. The lowest BCUT2D eigenvalue weighted by Crippen LogP contribution is -1.97. The second kappa shape index (κ2) is 4.15. The number of nitrogens with zero attached hydrogens (tertiary/aromatic N) is 3. The van der Waals surface area contributed by atoms with Gasteiger partial charge >= 0.3 is 0 Å². The summed E-state index contributed by atoms with van der Waals surface area (Å²) < 4.78 is 0. The van der Waals surface area contributed by atoms with Gasteiger partial charge in [-0.15, -0.1) is 10.2 Å². The maximum Gasteiger partial charge on any atom is 0.115 e. The molecular weight excluding hydrogens is 271 g/mol. The normalized spacial score (nSPS) is 11.0. The summed E-state index contributed by atoms with van der Waals surface area (Å²) in [6.07, 6.45) is 0. The van der Waals surface area contributed by atoms with Gasteiger partial charge in [0.2, 0.25) is 0 Å². The zero-order chi connectivity index (χ0) is 12.7. The van der Waals surface area contributed by atoms with Crippen LogP contribution in [0.25, 0.3) is 16.7 Å². The molecule has 0 saturated carbocycles. The fourth-order valence-corrected chi connectivity index (χ4v) is 1.93. The van der Waals surface area contributed by atoms with Crippen molar-refractivity contribution in [3.63, 3.8) is 0 Å². The van der Waals surface area contributed by atoms with Gasteiger partial charge in [-0.25, -0.2) is 0 Å². The van der Waals surface area contributed by atoms with E-state index in [1.54, 1.807) is 24.3 Å². The largest absolute Gasteiger partial charge is 0.397 e. The lowest BCUT2D eigenvalue weighted by atomic mass is 10.3. The van der Waals surface area contributed by atoms with Crippen molar-refractivity contribution in [3.05, 3.63) is 46.4 Å². The van der Waals surface area contributed by atoms with E-state index in [0.717, 1.165) is 5.69 Å². The summed E-state index contributed by atoms with van der Waals surface area (Å²) in [5, 5.41) is 9.82. The Hall–Kier alpha value is -1.78. The minimum atomic E-state index is 0.477. The van der Waals surface area contributed by atoms with Crippen molar-refractivity contribution in [1.82, 2.24) is 15.0 Å². The lowest BCUT2D eigenvalue weighted by Gasteiger charge is -1.97. The molecule has 0 aliphatic rings. The number of anilines is 1. The van der Waals surface area contributed by atoms with Crippen molar-refractivity contribution >= 4 is 39.9 Å². The molecule has 18 heavy (non-hydrogen) atoms. The van der Waals surface area contributed by atoms with Gasteiger partial charge < -0.3 is 5.73 Å². The highest BCUT2D eigenvalue weighted by Crippen LogP contribution is 2.24. The Bertz CT molecular complexity index is 680. The van der Waals surface area contributed by atoms with Crippen LogP contribution in [-0.4, -0.2) is 15.0 Å². The third-order valence-corrected chi connectivity index (χ3v) is 3.14. The summed E-state index contributed by atoms with van der Waals surface area (Å²) in [5.41, 5.74) is 8.44. The number of nitrogen functional groups attached to an aromatic ring is 1. The molecule has 0 aliphatic carbocycles. The van der Waals surface area contributed by atoms with E-state index in [-0.39, 0.29) is 0 Å². The molecule has 4 nitrogen and oxygen atoms in total. The van der Waals surface area contributed by atoms with Gasteiger partial charge in [0.15, 0.2) is 0 Å². The number of hydrogen-bond donors (Lipinski definition) is 1. The first-order valence-corrected chi connectivity index (χ1v) is 5.97. The number of aromatic nitrogens is 3. The molecule has 0 atom stereocenters. The van der Waals surface area contributed by atoms with E-state index in [4.69, 9.17) is 28.9 Å². The van der Waals surface area contributed by atoms with Gasteiger partial charge in [-0.3, -0.25) is 0 Å². The van der Waals surface area contributed by atoms with E-state index in [2.05, 4.69) is 10.2 Å². The van der Waals surface area contributed by atoms with E-state index in [9.17, 15) is 0 Å². The van der Waals surface area contributed by atoms with Gasteiger partial charge in [0.1, 0.15) is 11.0 Å². The van der Waals surface area contributed by atoms with Crippen LogP contribution < -0.4 is 5.73 Å². The Balaban J connectivity index is 2.16. The van der Waals surface area contributed by atoms with Gasteiger partial charge in [0.25, 0.3) is 0 Å². The molecule has 3 rings (SSSR count). The van der Waals surface area contributed by atoms with Crippen LogP contribution in [0.3, 0.4) is 0 Å². The van der Waals surface area contributed by atoms with Crippen LogP contribution in [0.15, 0.2) is 36.4 Å². The summed E-state index contributed by atoms with van der Waals surface area (Å²) in [6.45, 7) is 0. The topological polar surface area (TPSA) is 56.7 Å². The molecule has 0 aliphatic heterocycles. The molecule has 0 radical (unpaired) electrons. The van der Waals surface area contributed by atoms with Crippen LogP contribution in [-0.2, 0) is 0 Å². The first-order chi connectivity index (χ1) is 8.63. The molecule has 2 N–H and O–H groups in total. The van der Waals surface area contributed by atoms with Crippen molar-refractivity contribution in [2.45, 2.75) is 0 Å². The molecule has 6 heteroatoms. The molecule has 0 bridgehead atoms. The van der Waals surface area contributed by atoms with Gasteiger partial charge in [-0.2, -0.15) is 4.80 Å². The third-order valence-electron chi connectivity index (χ3n) is 2.56. The lowest BCUT2D eigenvalue weighted by molar-refractivity contribution is 0.766. The predicted octanol–water partition coefficient (Wildman–Crippen LogP) is 3.31. The maximum absolute atomic E-state index is 5.94. The average Bonchev–Trinajstić information content (AvgIpc) is 2.73. The molecule has 2 aromatic carbocycles. The zero-order valence-electron chi connectivity index (χ0n) is 9.14. The molecule has 0 amide bonds. The Morgan fingerprint density at radius 2 is 1.56 bits per heavy atom. The van der Waals surface area contributed by atoms with E-state index in [1.165, 1.54) is 4.80 Å². The van der Waals surface area contributed by atoms with Crippen molar-refractivity contribution in [1.29, 1.82) is 0 Å². The SMILES string of the molecule is Nc1cc2nn(-c3ccc(Cl)cc3)nc2cc1Cl. The quantitative estimate of drug-likeness (QED) is 0.695. The van der Waals surface area contributed by atoms with E-state index in [0.29, 0.717) is 26.8 Å². The summed E-state index contributed by atoms with van der Waals surface area (Å²) in [7, 11) is 0. The highest BCUT2D eigenvalue weighted by molar-refractivity contribution is 6.33. The van der Waals surface area contributed by atoms with Gasteiger partial charge in [0, 0.05) is 5.02 Å². The van der Waals surface area contributed by atoms with Crippen molar-refractivity contribution in [2.24, 2.45) is 0 Å². The van der Waals surface area contributed by atoms with E-state index in [1.807, 2.05) is 12.1 Å². The highest BCUT2D eigenvalue weighted by Gasteiger charge is 2.07. The molecule has 1 aromatic heterocycles. The molecule has 0 spiro atoms. The van der Waals surface area contributed by atoms with E-state index < -0.39 is 0 Å². The zero-order valence-corrected chi connectivity index (χ0v) is 10.7. The first kappa shape index (κ1) is 11.3. The Morgan fingerprint density at radius 3 is 2.22 bits per heavy atom. The molecular formula is C12H8Cl2N4. The number of fused-ring (bicyclic) bond motifs is 1. The van der Waals surface area contributed by atoms with Gasteiger partial charge in [-0.05, 0) is 36.4 Å². The molecule has 90 valence electrons. The minimum absolute atomic E-state index is 0.477. The smallest absolute Gasteiger partial charge is 0.115 e. The second-order valence-electron chi connectivity index (χ2n) is 3.83. The summed E-state index contributed by atoms with van der Waals surface area (Å²) in [4.78, 5) is 1.52. The molecule has 1 heterocycles. The van der Waals surface area contributed by atoms with Crippen molar-refractivity contribution < 1.29 is 0 Å². The summed E-state index contributed by atoms with van der Waals surface area (Å²) in [6, 6.07) is 10.7. The number of halogens is 2. The highest BCUT2D eigenvalue weighted by atomic mass is 35.5. The van der Waals surface area contributed by atoms with Crippen LogP contribution in [0.2, 0.25) is 10.0 Å². The van der Waals surface area contributed by atoms with Crippen LogP contribution >= 0.6 is 23.2 Å². The fraction of sp³-hybridized carbons (Fsp3) is 0. The van der Waals surface area contributed by atoms with Gasteiger partial charge in [0.05, 0.1) is 16.4 Å². The Labute approximate surface area is 113 Å². The monoisotopic (exact) mass is 278 g/mol. The number of hydrogen-bond acceptors (Lipinski definition) is 3. The second-order valence-corrected chi connectivity index (χ2v) is 4.67. The number of rotatable bonds is 1. The third kappa shape index (κ3) is 1.89. The maximum atomic E-state index is 5.94. The van der Waals surface area contributed by atoms with Gasteiger partial charge in [-0.1, -0.05) is 23.2 Å². The van der Waals surface area contributed by atoms with Crippen LogP contribution in [0, 0.1) is 0 Å². The standard InChI is InChI=1S/C12H8Cl2N4/c13-7-1-3-8(4-2-7)18-16-11-5-9(14)10(15)6-12(11)17-18/h1-6H,15H2. The fourth-order valence-electron chi connectivity index (χ4n) is 1.64. The van der Waals surface area contributed by atoms with Crippen molar-refractivity contribution in [3.8, 4) is 5.69 Å². The molecule has 0 saturated heterocycles. The molecule has 0 fully saturated rings. The van der Waals surface area contributed by atoms with Crippen molar-refractivity contribution in [2.75, 3.05) is 5.73 Å². The Kier molecular flexibility index (Phi) is 2.61. The summed E-state index contributed by atoms with van der Waals surface area (Å²) in [5.74, 6) is 0. The van der Waals surface area contributed by atoms with Crippen LogP contribution in [0.5, 0.6) is 0 Å². The number of nitrogens with two attached hydrogens (primary N) is 1. The molecule has 0 unspecified atom stereocenters. The van der Waals surface area contributed by atoms with E-state index >= 15 is 0 Å². The van der Waals surface area contributed by atoms with Crippen LogP contribution in [0.1, 0.15) is 0 Å².